The van der Waals surface area contributed by atoms with Crippen LogP contribution in [0.5, 0.6) is 0 Å². The zero-order valence-electron chi connectivity index (χ0n) is 12.2. The van der Waals surface area contributed by atoms with Crippen LogP contribution in [0.1, 0.15) is 36.5 Å². The van der Waals surface area contributed by atoms with E-state index in [-0.39, 0.29) is 0 Å². The maximum atomic E-state index is 8.40. The molecule has 0 fully saturated rings. The minimum atomic E-state index is 0.656. The van der Waals surface area contributed by atoms with Crippen molar-refractivity contribution in [1.82, 2.24) is 0 Å². The molecule has 0 spiro atoms. The maximum absolute atomic E-state index is 8.40. The zero-order valence-corrected chi connectivity index (χ0v) is 12.2. The summed E-state index contributed by atoms with van der Waals surface area (Å²) in [6.07, 6.45) is 1.76. The largest absolute Gasteiger partial charge is 0.325 e. The monoisotopic (exact) mass is 274 g/mol. The van der Waals surface area contributed by atoms with Crippen molar-refractivity contribution in [2.45, 2.75) is 26.3 Å². The predicted octanol–water partition coefficient (Wildman–Crippen LogP) is 4.18. The second-order valence-corrected chi connectivity index (χ2v) is 5.21. The van der Waals surface area contributed by atoms with Crippen molar-refractivity contribution in [2.24, 2.45) is 0 Å². The summed E-state index contributed by atoms with van der Waals surface area (Å²) in [6, 6.07) is 16.3. The molecule has 0 unspecified atom stereocenters. The highest BCUT2D eigenvalue weighted by Gasteiger charge is 2.17. The van der Waals surface area contributed by atoms with Gasteiger partial charge in [0.1, 0.15) is 5.84 Å². The van der Waals surface area contributed by atoms with E-state index in [9.17, 15) is 0 Å². The second kappa shape index (κ2) is 5.85. The molecule has 3 rings (SSSR count). The summed E-state index contributed by atoms with van der Waals surface area (Å²) in [4.78, 5) is 2.09. The molecule has 1 aliphatic rings. The SMILES string of the molecule is CCCC(=N)N1Cc2ccccc2C#Cc2ccccc21. The molecule has 21 heavy (non-hydrogen) atoms. The number of fused-ring (bicyclic) bond motifs is 2. The first-order chi connectivity index (χ1) is 10.3. The van der Waals surface area contributed by atoms with E-state index in [0.717, 1.165) is 29.7 Å². The fourth-order valence-corrected chi connectivity index (χ4v) is 2.60. The first-order valence-corrected chi connectivity index (χ1v) is 7.33. The standard InChI is InChI=1S/C19H18N2/c1-2-7-19(20)21-14-17-10-4-3-8-15(17)12-13-16-9-5-6-11-18(16)21/h3-6,8-11,20H,2,7,14H2,1H3. The molecule has 0 saturated heterocycles. The van der Waals surface area contributed by atoms with E-state index >= 15 is 0 Å². The third kappa shape index (κ3) is 2.68. The van der Waals surface area contributed by atoms with Gasteiger partial charge in [0.2, 0.25) is 0 Å². The Morgan fingerprint density at radius 2 is 1.71 bits per heavy atom. The molecule has 0 amide bonds. The van der Waals surface area contributed by atoms with Gasteiger partial charge in [-0.3, -0.25) is 5.41 Å². The van der Waals surface area contributed by atoms with Crippen LogP contribution in [0.4, 0.5) is 5.69 Å². The predicted molar refractivity (Wildman–Crippen MR) is 87.7 cm³/mol. The van der Waals surface area contributed by atoms with E-state index in [2.05, 4.69) is 41.9 Å². The highest BCUT2D eigenvalue weighted by molar-refractivity contribution is 5.97. The van der Waals surface area contributed by atoms with Crippen molar-refractivity contribution >= 4 is 11.5 Å². The molecule has 2 nitrogen and oxygen atoms in total. The summed E-state index contributed by atoms with van der Waals surface area (Å²) in [5.74, 6) is 7.18. The number of nitrogens with zero attached hydrogens (tertiary/aromatic N) is 1. The summed E-state index contributed by atoms with van der Waals surface area (Å²) < 4.78 is 0. The molecule has 2 heteroatoms. The van der Waals surface area contributed by atoms with Crippen LogP contribution >= 0.6 is 0 Å². The van der Waals surface area contributed by atoms with Crippen LogP contribution in [0.15, 0.2) is 48.5 Å². The van der Waals surface area contributed by atoms with Gasteiger partial charge in [-0.2, -0.15) is 0 Å². The lowest BCUT2D eigenvalue weighted by Gasteiger charge is -2.28. The van der Waals surface area contributed by atoms with Crippen LogP contribution in [0.25, 0.3) is 0 Å². The number of para-hydroxylation sites is 1. The highest BCUT2D eigenvalue weighted by Crippen LogP contribution is 2.26. The third-order valence-corrected chi connectivity index (χ3v) is 3.69. The molecule has 2 aromatic carbocycles. The summed E-state index contributed by atoms with van der Waals surface area (Å²) in [5.41, 5.74) is 4.27. The number of hydrogen-bond donors (Lipinski definition) is 1. The first-order valence-electron chi connectivity index (χ1n) is 7.33. The molecule has 0 radical (unpaired) electrons. The first kappa shape index (κ1) is 13.5. The molecule has 104 valence electrons. The van der Waals surface area contributed by atoms with Gasteiger partial charge < -0.3 is 4.90 Å². The van der Waals surface area contributed by atoms with Crippen molar-refractivity contribution in [2.75, 3.05) is 4.90 Å². The van der Waals surface area contributed by atoms with Crippen molar-refractivity contribution in [1.29, 1.82) is 5.41 Å². The third-order valence-electron chi connectivity index (χ3n) is 3.69. The van der Waals surface area contributed by atoms with E-state index in [0.29, 0.717) is 12.4 Å². The van der Waals surface area contributed by atoms with Crippen LogP contribution in [0.3, 0.4) is 0 Å². The number of nitrogens with one attached hydrogen (secondary N) is 1. The lowest BCUT2D eigenvalue weighted by Crippen LogP contribution is -2.31. The van der Waals surface area contributed by atoms with E-state index < -0.39 is 0 Å². The quantitative estimate of drug-likeness (QED) is 0.496. The Balaban J connectivity index is 2.14. The molecular weight excluding hydrogens is 256 g/mol. The van der Waals surface area contributed by atoms with Crippen LogP contribution < -0.4 is 4.90 Å². The molecule has 1 N–H and O–H groups in total. The fourth-order valence-electron chi connectivity index (χ4n) is 2.60. The molecular formula is C19H18N2. The lowest BCUT2D eigenvalue weighted by molar-refractivity contribution is 0.906. The van der Waals surface area contributed by atoms with E-state index in [1.165, 1.54) is 5.56 Å². The molecule has 1 aliphatic heterocycles. The molecule has 0 aliphatic carbocycles. The number of amidine groups is 1. The van der Waals surface area contributed by atoms with Gasteiger partial charge in [0.25, 0.3) is 0 Å². The molecule has 0 aromatic heterocycles. The molecule has 1 heterocycles. The highest BCUT2D eigenvalue weighted by atomic mass is 15.2. The summed E-state index contributed by atoms with van der Waals surface area (Å²) in [5, 5.41) is 8.40. The van der Waals surface area contributed by atoms with Crippen molar-refractivity contribution < 1.29 is 0 Å². The van der Waals surface area contributed by atoms with E-state index in [1.807, 2.05) is 30.3 Å². The van der Waals surface area contributed by atoms with Gasteiger partial charge in [-0.05, 0) is 30.2 Å². The molecule has 0 saturated carbocycles. The van der Waals surface area contributed by atoms with Crippen LogP contribution in [0, 0.1) is 17.3 Å². The Kier molecular flexibility index (Phi) is 3.75. The minimum absolute atomic E-state index is 0.656. The Bertz CT molecular complexity index is 734. The Labute approximate surface area is 125 Å². The van der Waals surface area contributed by atoms with Crippen LogP contribution in [-0.4, -0.2) is 5.84 Å². The smallest absolute Gasteiger partial charge is 0.101 e. The summed E-state index contributed by atoms with van der Waals surface area (Å²) >= 11 is 0. The van der Waals surface area contributed by atoms with Gasteiger partial charge >= 0.3 is 0 Å². The second-order valence-electron chi connectivity index (χ2n) is 5.21. The summed E-state index contributed by atoms with van der Waals surface area (Å²) in [6.45, 7) is 2.82. The fraction of sp³-hybridized carbons (Fsp3) is 0.211. The average Bonchev–Trinajstić information content (AvgIpc) is 2.50. The lowest BCUT2D eigenvalue weighted by atomic mass is 10.0. The minimum Gasteiger partial charge on any atom is -0.325 e. The summed E-state index contributed by atoms with van der Waals surface area (Å²) in [7, 11) is 0. The normalized spacial score (nSPS) is 12.3. The topological polar surface area (TPSA) is 27.1 Å². The van der Waals surface area contributed by atoms with Crippen LogP contribution in [-0.2, 0) is 6.54 Å². The Morgan fingerprint density at radius 1 is 1.05 bits per heavy atom. The number of rotatable bonds is 2. The van der Waals surface area contributed by atoms with Crippen LogP contribution in [0.2, 0.25) is 0 Å². The van der Waals surface area contributed by atoms with Crippen molar-refractivity contribution in [3.8, 4) is 11.8 Å². The van der Waals surface area contributed by atoms with E-state index in [1.54, 1.807) is 0 Å². The van der Waals surface area contributed by atoms with Crippen molar-refractivity contribution in [3.05, 3.63) is 65.2 Å². The van der Waals surface area contributed by atoms with Gasteiger partial charge in [0, 0.05) is 17.5 Å². The Morgan fingerprint density at radius 3 is 2.52 bits per heavy atom. The Hall–Kier alpha value is -2.53. The number of anilines is 1. The molecule has 0 atom stereocenters. The zero-order chi connectivity index (χ0) is 14.7. The number of benzene rings is 2. The average molecular weight is 274 g/mol. The van der Waals surface area contributed by atoms with Gasteiger partial charge in [0.05, 0.1) is 12.2 Å². The van der Waals surface area contributed by atoms with Gasteiger partial charge in [-0.25, -0.2) is 0 Å². The van der Waals surface area contributed by atoms with E-state index in [4.69, 9.17) is 5.41 Å². The number of hydrogen-bond acceptors (Lipinski definition) is 1. The molecule has 0 bridgehead atoms. The van der Waals surface area contributed by atoms with Gasteiger partial charge in [-0.1, -0.05) is 49.1 Å². The van der Waals surface area contributed by atoms with Gasteiger partial charge in [-0.15, -0.1) is 0 Å². The van der Waals surface area contributed by atoms with Crippen molar-refractivity contribution in [3.63, 3.8) is 0 Å². The molecule has 2 aromatic rings. The van der Waals surface area contributed by atoms with Gasteiger partial charge in [0.15, 0.2) is 0 Å². The maximum Gasteiger partial charge on any atom is 0.101 e.